The summed E-state index contributed by atoms with van der Waals surface area (Å²) in [4.78, 5) is 10.9. The molecular formula is C11H19N5O. The van der Waals surface area contributed by atoms with Gasteiger partial charge in [-0.1, -0.05) is 0 Å². The largest absolute Gasteiger partial charge is 0.377 e. The molecule has 1 saturated carbocycles. The topological polar surface area (TPSA) is 76.3 Å². The highest BCUT2D eigenvalue weighted by Gasteiger charge is 2.23. The van der Waals surface area contributed by atoms with Gasteiger partial charge in [0, 0.05) is 26.3 Å². The van der Waals surface area contributed by atoms with Gasteiger partial charge in [-0.15, -0.1) is 0 Å². The molecule has 2 rings (SSSR count). The second-order valence-electron chi connectivity index (χ2n) is 4.30. The van der Waals surface area contributed by atoms with Gasteiger partial charge in [0.25, 0.3) is 0 Å². The molecule has 6 heteroatoms. The predicted octanol–water partition coefficient (Wildman–Crippen LogP) is 0.897. The number of aromatic nitrogens is 2. The van der Waals surface area contributed by atoms with Crippen molar-refractivity contribution in [2.75, 3.05) is 24.5 Å². The van der Waals surface area contributed by atoms with Crippen molar-refractivity contribution in [2.24, 2.45) is 5.84 Å². The van der Waals surface area contributed by atoms with Gasteiger partial charge < -0.3 is 15.1 Å². The molecule has 1 fully saturated rings. The van der Waals surface area contributed by atoms with E-state index in [9.17, 15) is 0 Å². The number of rotatable bonds is 5. The van der Waals surface area contributed by atoms with E-state index in [0.29, 0.717) is 24.3 Å². The first kappa shape index (κ1) is 12.1. The van der Waals surface area contributed by atoms with Crippen molar-refractivity contribution in [3.63, 3.8) is 0 Å². The van der Waals surface area contributed by atoms with Gasteiger partial charge in [-0.3, -0.25) is 0 Å². The van der Waals surface area contributed by atoms with Crippen LogP contribution in [0.3, 0.4) is 0 Å². The van der Waals surface area contributed by atoms with Crippen LogP contribution in [-0.2, 0) is 11.3 Å². The number of methoxy groups -OCH3 is 1. The molecule has 0 radical (unpaired) electrons. The number of ether oxygens (including phenoxy) is 1. The number of nitrogen functional groups attached to an aromatic ring is 1. The van der Waals surface area contributed by atoms with Gasteiger partial charge in [0.05, 0.1) is 0 Å². The third kappa shape index (κ3) is 2.65. The van der Waals surface area contributed by atoms with E-state index in [4.69, 9.17) is 10.6 Å². The lowest BCUT2D eigenvalue weighted by molar-refractivity contribution is 0.178. The van der Waals surface area contributed by atoms with E-state index in [1.54, 1.807) is 7.11 Å². The highest BCUT2D eigenvalue weighted by molar-refractivity contribution is 5.49. The molecule has 0 saturated heterocycles. The minimum atomic E-state index is 0.390. The van der Waals surface area contributed by atoms with Crippen molar-refractivity contribution in [3.05, 3.63) is 11.9 Å². The minimum absolute atomic E-state index is 0.390. The van der Waals surface area contributed by atoms with E-state index < -0.39 is 0 Å². The monoisotopic (exact) mass is 237 g/mol. The van der Waals surface area contributed by atoms with Crippen molar-refractivity contribution in [1.29, 1.82) is 0 Å². The first-order valence-electron chi connectivity index (χ1n) is 5.81. The SMILES string of the molecule is COCc1nc(NN)cc(N(C)C2CCC2)n1. The van der Waals surface area contributed by atoms with E-state index in [1.807, 2.05) is 6.07 Å². The highest BCUT2D eigenvalue weighted by atomic mass is 16.5. The summed E-state index contributed by atoms with van der Waals surface area (Å²) in [6.45, 7) is 0.390. The molecule has 3 N–H and O–H groups in total. The van der Waals surface area contributed by atoms with E-state index in [-0.39, 0.29) is 0 Å². The molecule has 1 aromatic heterocycles. The number of nitrogens with one attached hydrogen (secondary N) is 1. The average molecular weight is 237 g/mol. The number of nitrogens with zero attached hydrogens (tertiary/aromatic N) is 3. The van der Waals surface area contributed by atoms with Gasteiger partial charge in [0.2, 0.25) is 0 Å². The molecule has 1 aromatic rings. The molecule has 0 unspecified atom stereocenters. The first-order valence-corrected chi connectivity index (χ1v) is 5.81. The van der Waals surface area contributed by atoms with Crippen LogP contribution in [0.15, 0.2) is 6.07 Å². The summed E-state index contributed by atoms with van der Waals surface area (Å²) in [6, 6.07) is 2.45. The zero-order valence-electron chi connectivity index (χ0n) is 10.3. The van der Waals surface area contributed by atoms with Crippen molar-refractivity contribution < 1.29 is 4.74 Å². The quantitative estimate of drug-likeness (QED) is 0.585. The smallest absolute Gasteiger partial charge is 0.158 e. The predicted molar refractivity (Wildman–Crippen MR) is 66.6 cm³/mol. The van der Waals surface area contributed by atoms with Crippen molar-refractivity contribution in [1.82, 2.24) is 9.97 Å². The normalized spacial score (nSPS) is 15.5. The summed E-state index contributed by atoms with van der Waals surface area (Å²) in [7, 11) is 3.68. The molecule has 0 atom stereocenters. The molecule has 1 aliphatic rings. The van der Waals surface area contributed by atoms with Gasteiger partial charge in [-0.2, -0.15) is 0 Å². The van der Waals surface area contributed by atoms with Crippen LogP contribution in [0.4, 0.5) is 11.6 Å². The van der Waals surface area contributed by atoms with Crippen LogP contribution in [-0.4, -0.2) is 30.2 Å². The van der Waals surface area contributed by atoms with Crippen molar-refractivity contribution in [2.45, 2.75) is 31.9 Å². The van der Waals surface area contributed by atoms with E-state index in [1.165, 1.54) is 19.3 Å². The number of hydrogen-bond donors (Lipinski definition) is 2. The molecule has 0 amide bonds. The maximum Gasteiger partial charge on any atom is 0.158 e. The maximum atomic E-state index is 5.41. The summed E-state index contributed by atoms with van der Waals surface area (Å²) < 4.78 is 5.05. The minimum Gasteiger partial charge on any atom is -0.377 e. The van der Waals surface area contributed by atoms with E-state index >= 15 is 0 Å². The van der Waals surface area contributed by atoms with E-state index in [0.717, 1.165) is 5.82 Å². The standard InChI is InChI=1S/C11H19N5O/c1-16(8-4-3-5-8)11-6-9(15-12)13-10(14-11)7-17-2/h6,8H,3-5,7,12H2,1-2H3,(H,13,14,15). The van der Waals surface area contributed by atoms with Gasteiger partial charge in [0.15, 0.2) is 5.82 Å². The van der Waals surface area contributed by atoms with E-state index in [2.05, 4.69) is 27.3 Å². The van der Waals surface area contributed by atoms with Gasteiger partial charge in [0.1, 0.15) is 18.2 Å². The second-order valence-corrected chi connectivity index (χ2v) is 4.30. The first-order chi connectivity index (χ1) is 8.24. The van der Waals surface area contributed by atoms with Crippen LogP contribution in [0, 0.1) is 0 Å². The molecule has 17 heavy (non-hydrogen) atoms. The number of hydrogen-bond acceptors (Lipinski definition) is 6. The summed E-state index contributed by atoms with van der Waals surface area (Å²) in [5.74, 6) is 7.56. The Morgan fingerprint density at radius 1 is 1.53 bits per heavy atom. The van der Waals surface area contributed by atoms with Crippen LogP contribution in [0.25, 0.3) is 0 Å². The fourth-order valence-corrected chi connectivity index (χ4v) is 1.89. The lowest BCUT2D eigenvalue weighted by Crippen LogP contribution is -2.37. The second kappa shape index (κ2) is 5.29. The molecule has 1 aliphatic carbocycles. The molecule has 0 aromatic carbocycles. The average Bonchev–Trinajstić information content (AvgIpc) is 2.26. The molecule has 0 spiro atoms. The lowest BCUT2D eigenvalue weighted by Gasteiger charge is -2.35. The van der Waals surface area contributed by atoms with Crippen LogP contribution < -0.4 is 16.2 Å². The van der Waals surface area contributed by atoms with Crippen molar-refractivity contribution >= 4 is 11.6 Å². The van der Waals surface area contributed by atoms with Crippen LogP contribution in [0.5, 0.6) is 0 Å². The summed E-state index contributed by atoms with van der Waals surface area (Å²) >= 11 is 0. The molecule has 1 heterocycles. The third-order valence-electron chi connectivity index (χ3n) is 3.16. The zero-order valence-corrected chi connectivity index (χ0v) is 10.3. The molecule has 6 nitrogen and oxygen atoms in total. The Balaban J connectivity index is 2.21. The number of nitrogens with two attached hydrogens (primary N) is 1. The number of hydrazine groups is 1. The Labute approximate surface area is 101 Å². The lowest BCUT2D eigenvalue weighted by atomic mass is 9.92. The Kier molecular flexibility index (Phi) is 3.75. The van der Waals surface area contributed by atoms with Gasteiger partial charge in [-0.25, -0.2) is 15.8 Å². The fraction of sp³-hybridized carbons (Fsp3) is 0.636. The zero-order chi connectivity index (χ0) is 12.3. The van der Waals surface area contributed by atoms with Crippen LogP contribution in [0.2, 0.25) is 0 Å². The molecule has 0 bridgehead atoms. The summed E-state index contributed by atoms with van der Waals surface area (Å²) in [5, 5.41) is 0. The highest BCUT2D eigenvalue weighted by Crippen LogP contribution is 2.27. The Morgan fingerprint density at radius 2 is 2.29 bits per heavy atom. The Morgan fingerprint density at radius 3 is 2.82 bits per heavy atom. The van der Waals surface area contributed by atoms with Gasteiger partial charge in [-0.05, 0) is 19.3 Å². The molecular weight excluding hydrogens is 218 g/mol. The molecule has 94 valence electrons. The van der Waals surface area contributed by atoms with Crippen molar-refractivity contribution in [3.8, 4) is 0 Å². The van der Waals surface area contributed by atoms with Gasteiger partial charge >= 0.3 is 0 Å². The Hall–Kier alpha value is -1.40. The number of anilines is 2. The van der Waals surface area contributed by atoms with Crippen LogP contribution in [0.1, 0.15) is 25.1 Å². The summed E-state index contributed by atoms with van der Waals surface area (Å²) in [6.07, 6.45) is 3.75. The fourth-order valence-electron chi connectivity index (χ4n) is 1.89. The maximum absolute atomic E-state index is 5.41. The van der Waals surface area contributed by atoms with Crippen LogP contribution >= 0.6 is 0 Å². The Bertz CT molecular complexity index is 380. The molecule has 0 aliphatic heterocycles. The summed E-state index contributed by atoms with van der Waals surface area (Å²) in [5.41, 5.74) is 2.56. The third-order valence-corrected chi connectivity index (χ3v) is 3.16.